The highest BCUT2D eigenvalue weighted by atomic mass is 16.5. The van der Waals surface area contributed by atoms with Crippen LogP contribution in [0.1, 0.15) is 39.0 Å². The third-order valence-electron chi connectivity index (χ3n) is 2.43. The van der Waals surface area contributed by atoms with Gasteiger partial charge in [0.15, 0.2) is 0 Å². The van der Waals surface area contributed by atoms with Gasteiger partial charge >= 0.3 is 6.01 Å². The van der Waals surface area contributed by atoms with E-state index in [1.807, 2.05) is 0 Å². The molecule has 0 aliphatic carbocycles. The summed E-state index contributed by atoms with van der Waals surface area (Å²) in [5.74, 6) is 0.616. The number of nitrogens with one attached hydrogen (secondary N) is 2. The van der Waals surface area contributed by atoms with Crippen LogP contribution in [0, 0.1) is 0 Å². The zero-order chi connectivity index (χ0) is 13.2. The highest BCUT2D eigenvalue weighted by Gasteiger charge is 2.05. The minimum Gasteiger partial charge on any atom is -0.407 e. The van der Waals surface area contributed by atoms with Crippen molar-refractivity contribution in [1.82, 2.24) is 15.5 Å². The number of ether oxygens (including phenoxy) is 1. The summed E-state index contributed by atoms with van der Waals surface area (Å²) in [4.78, 5) is 0. The first-order valence-corrected chi connectivity index (χ1v) is 6.51. The lowest BCUT2D eigenvalue weighted by Crippen LogP contribution is -2.21. The Balaban J connectivity index is 2.11. The molecule has 1 aromatic heterocycles. The Morgan fingerprint density at radius 1 is 1.22 bits per heavy atom. The van der Waals surface area contributed by atoms with Gasteiger partial charge in [-0.05, 0) is 19.3 Å². The van der Waals surface area contributed by atoms with Gasteiger partial charge in [-0.2, -0.15) is 0 Å². The van der Waals surface area contributed by atoms with E-state index in [1.54, 1.807) is 7.11 Å². The first kappa shape index (κ1) is 14.9. The van der Waals surface area contributed by atoms with E-state index in [4.69, 9.17) is 9.15 Å². The summed E-state index contributed by atoms with van der Waals surface area (Å²) in [7, 11) is 1.73. The van der Waals surface area contributed by atoms with Gasteiger partial charge in [-0.15, -0.1) is 5.10 Å². The monoisotopic (exact) mass is 256 g/mol. The number of nitrogens with zero attached hydrogens (tertiary/aromatic N) is 2. The lowest BCUT2D eigenvalue weighted by Gasteiger charge is -2.03. The van der Waals surface area contributed by atoms with Gasteiger partial charge in [0.05, 0.1) is 6.54 Å². The zero-order valence-electron chi connectivity index (χ0n) is 11.5. The van der Waals surface area contributed by atoms with Gasteiger partial charge in [-0.1, -0.05) is 18.9 Å². The van der Waals surface area contributed by atoms with Gasteiger partial charge in [0.1, 0.15) is 0 Å². The van der Waals surface area contributed by atoms with E-state index in [1.165, 1.54) is 0 Å². The summed E-state index contributed by atoms with van der Waals surface area (Å²) < 4.78 is 10.4. The molecule has 0 fully saturated rings. The van der Waals surface area contributed by atoms with Gasteiger partial charge in [-0.25, -0.2) is 0 Å². The standard InChI is InChI=1S/C12H24N4O2/c1-10(2)14-9-11-15-16-12(18-11)13-7-5-4-6-8-17-3/h10,14H,4-9H2,1-3H3,(H,13,16). The molecule has 0 atom stereocenters. The fraction of sp³-hybridized carbons (Fsp3) is 0.833. The Hall–Kier alpha value is -1.14. The second-order valence-corrected chi connectivity index (χ2v) is 4.52. The molecule has 1 heterocycles. The van der Waals surface area contributed by atoms with Gasteiger partial charge in [0, 0.05) is 26.3 Å². The minimum atomic E-state index is 0.411. The van der Waals surface area contributed by atoms with Crippen molar-refractivity contribution in [3.8, 4) is 0 Å². The molecule has 1 rings (SSSR count). The first-order chi connectivity index (χ1) is 8.72. The van der Waals surface area contributed by atoms with E-state index in [0.29, 0.717) is 24.5 Å². The van der Waals surface area contributed by atoms with Gasteiger partial charge in [-0.3, -0.25) is 0 Å². The van der Waals surface area contributed by atoms with E-state index in [0.717, 1.165) is 32.4 Å². The van der Waals surface area contributed by atoms with Crippen LogP contribution in [-0.4, -0.2) is 36.5 Å². The van der Waals surface area contributed by atoms with Crippen molar-refractivity contribution >= 4 is 6.01 Å². The quantitative estimate of drug-likeness (QED) is 0.622. The number of hydrogen-bond acceptors (Lipinski definition) is 6. The molecule has 0 amide bonds. The van der Waals surface area contributed by atoms with Crippen LogP contribution in [0.2, 0.25) is 0 Å². The molecule has 0 aliphatic heterocycles. The molecule has 6 nitrogen and oxygen atoms in total. The first-order valence-electron chi connectivity index (χ1n) is 6.51. The lowest BCUT2D eigenvalue weighted by molar-refractivity contribution is 0.192. The number of hydrogen-bond donors (Lipinski definition) is 2. The van der Waals surface area contributed by atoms with E-state index in [9.17, 15) is 0 Å². The zero-order valence-corrected chi connectivity index (χ0v) is 11.5. The highest BCUT2D eigenvalue weighted by molar-refractivity contribution is 5.16. The molecule has 0 radical (unpaired) electrons. The molecular formula is C12H24N4O2. The Bertz CT molecular complexity index is 315. The average molecular weight is 256 g/mol. The summed E-state index contributed by atoms with van der Waals surface area (Å²) in [5, 5.41) is 14.2. The van der Waals surface area contributed by atoms with Crippen LogP contribution in [0.4, 0.5) is 6.01 Å². The maximum absolute atomic E-state index is 5.44. The average Bonchev–Trinajstić information content (AvgIpc) is 2.79. The van der Waals surface area contributed by atoms with Crippen LogP contribution in [0.5, 0.6) is 0 Å². The fourth-order valence-corrected chi connectivity index (χ4v) is 1.43. The maximum atomic E-state index is 5.44. The van der Waals surface area contributed by atoms with Crippen LogP contribution < -0.4 is 10.6 Å². The van der Waals surface area contributed by atoms with Crippen LogP contribution in [0.15, 0.2) is 4.42 Å². The molecular weight excluding hydrogens is 232 g/mol. The lowest BCUT2D eigenvalue weighted by atomic mass is 10.2. The van der Waals surface area contributed by atoms with Gasteiger partial charge < -0.3 is 19.8 Å². The molecule has 104 valence electrons. The molecule has 2 N–H and O–H groups in total. The smallest absolute Gasteiger partial charge is 0.315 e. The van der Waals surface area contributed by atoms with Crippen molar-refractivity contribution in [2.24, 2.45) is 0 Å². The van der Waals surface area contributed by atoms with E-state index in [-0.39, 0.29) is 0 Å². The van der Waals surface area contributed by atoms with E-state index < -0.39 is 0 Å². The molecule has 0 unspecified atom stereocenters. The summed E-state index contributed by atoms with van der Waals surface area (Å²) in [6, 6.07) is 0.913. The molecule has 0 spiro atoms. The molecule has 0 aromatic carbocycles. The number of aromatic nitrogens is 2. The topological polar surface area (TPSA) is 72.2 Å². The van der Waals surface area contributed by atoms with Crippen LogP contribution in [0.25, 0.3) is 0 Å². The Morgan fingerprint density at radius 3 is 2.78 bits per heavy atom. The largest absolute Gasteiger partial charge is 0.407 e. The van der Waals surface area contributed by atoms with E-state index >= 15 is 0 Å². The molecule has 6 heteroatoms. The second kappa shape index (κ2) is 8.88. The van der Waals surface area contributed by atoms with Gasteiger partial charge in [0.2, 0.25) is 5.89 Å². The van der Waals surface area contributed by atoms with Crippen molar-refractivity contribution in [3.63, 3.8) is 0 Å². The third-order valence-corrected chi connectivity index (χ3v) is 2.43. The Kier molecular flexibility index (Phi) is 7.36. The van der Waals surface area contributed by atoms with E-state index in [2.05, 4.69) is 34.7 Å². The van der Waals surface area contributed by atoms with Crippen molar-refractivity contribution in [2.45, 2.75) is 45.7 Å². The SMILES string of the molecule is COCCCCCNc1nnc(CNC(C)C)o1. The normalized spacial score (nSPS) is 11.1. The maximum Gasteiger partial charge on any atom is 0.315 e. The fourth-order valence-electron chi connectivity index (χ4n) is 1.43. The summed E-state index contributed by atoms with van der Waals surface area (Å²) in [5.41, 5.74) is 0. The molecule has 0 saturated heterocycles. The molecule has 0 bridgehead atoms. The number of anilines is 1. The molecule has 0 aliphatic rings. The second-order valence-electron chi connectivity index (χ2n) is 4.52. The summed E-state index contributed by atoms with van der Waals surface area (Å²) in [6.07, 6.45) is 3.30. The summed E-state index contributed by atoms with van der Waals surface area (Å²) in [6.45, 7) is 6.44. The number of methoxy groups -OCH3 is 1. The molecule has 1 aromatic rings. The summed E-state index contributed by atoms with van der Waals surface area (Å²) >= 11 is 0. The van der Waals surface area contributed by atoms with Crippen LogP contribution >= 0.6 is 0 Å². The molecule has 0 saturated carbocycles. The Morgan fingerprint density at radius 2 is 2.06 bits per heavy atom. The van der Waals surface area contributed by atoms with Crippen LogP contribution in [0.3, 0.4) is 0 Å². The third kappa shape index (κ3) is 6.56. The predicted octanol–water partition coefficient (Wildman–Crippen LogP) is 1.80. The van der Waals surface area contributed by atoms with Crippen molar-refractivity contribution < 1.29 is 9.15 Å². The van der Waals surface area contributed by atoms with Crippen molar-refractivity contribution in [2.75, 3.05) is 25.6 Å². The molecule has 18 heavy (non-hydrogen) atoms. The number of unbranched alkanes of at least 4 members (excludes halogenated alkanes) is 2. The minimum absolute atomic E-state index is 0.411. The highest BCUT2D eigenvalue weighted by Crippen LogP contribution is 2.06. The van der Waals surface area contributed by atoms with Gasteiger partial charge in [0.25, 0.3) is 0 Å². The Labute approximate surface area is 108 Å². The number of rotatable bonds is 10. The van der Waals surface area contributed by atoms with Crippen LogP contribution in [-0.2, 0) is 11.3 Å². The predicted molar refractivity (Wildman–Crippen MR) is 70.5 cm³/mol. The van der Waals surface area contributed by atoms with Crippen molar-refractivity contribution in [1.29, 1.82) is 0 Å². The van der Waals surface area contributed by atoms with Crippen molar-refractivity contribution in [3.05, 3.63) is 5.89 Å².